The van der Waals surface area contributed by atoms with E-state index in [0.717, 1.165) is 23.8 Å². The molecule has 21 heavy (non-hydrogen) atoms. The van der Waals surface area contributed by atoms with Gasteiger partial charge in [0.2, 0.25) is 0 Å². The Hall–Kier alpha value is -1.59. The van der Waals surface area contributed by atoms with Gasteiger partial charge in [-0.25, -0.2) is 4.79 Å². The number of urea groups is 1. The van der Waals surface area contributed by atoms with Crippen molar-refractivity contribution in [3.8, 4) is 0 Å². The third-order valence-electron chi connectivity index (χ3n) is 3.80. The van der Waals surface area contributed by atoms with Crippen LogP contribution in [0.2, 0.25) is 0 Å². The minimum Gasteiger partial charge on any atom is -0.378 e. The second kappa shape index (κ2) is 6.91. The minimum atomic E-state index is -0.0608. The first kappa shape index (κ1) is 14.4. The molecule has 1 aromatic rings. The van der Waals surface area contributed by atoms with Gasteiger partial charge in [-0.3, -0.25) is 0 Å². The first-order chi connectivity index (χ1) is 10.3. The number of nitrogens with one attached hydrogen (secondary N) is 1. The number of benzene rings is 1. The van der Waals surface area contributed by atoms with Crippen LogP contribution in [0, 0.1) is 5.92 Å². The van der Waals surface area contributed by atoms with Gasteiger partial charge in [0.1, 0.15) is 0 Å². The molecule has 1 N–H and O–H groups in total. The molecule has 1 saturated carbocycles. The highest BCUT2D eigenvalue weighted by Gasteiger charge is 2.21. The van der Waals surface area contributed by atoms with Crippen molar-refractivity contribution in [1.29, 1.82) is 0 Å². The fourth-order valence-electron chi connectivity index (χ4n) is 2.34. The molecule has 0 aromatic heterocycles. The van der Waals surface area contributed by atoms with E-state index in [2.05, 4.69) is 5.32 Å². The summed E-state index contributed by atoms with van der Waals surface area (Å²) in [6.07, 6.45) is 2.60. The Morgan fingerprint density at radius 3 is 2.90 bits per heavy atom. The third kappa shape index (κ3) is 4.44. The van der Waals surface area contributed by atoms with Gasteiger partial charge in [0.05, 0.1) is 19.8 Å². The van der Waals surface area contributed by atoms with Crippen LogP contribution in [0.5, 0.6) is 0 Å². The smallest absolute Gasteiger partial charge is 0.321 e. The zero-order valence-electron chi connectivity index (χ0n) is 12.2. The summed E-state index contributed by atoms with van der Waals surface area (Å²) in [6, 6.07) is 7.80. The number of hydrogen-bond acceptors (Lipinski definition) is 3. The second-order valence-electron chi connectivity index (χ2n) is 5.69. The molecule has 114 valence electrons. The van der Waals surface area contributed by atoms with Crippen molar-refractivity contribution in [3.63, 3.8) is 0 Å². The average Bonchev–Trinajstić information content (AvgIpc) is 3.33. The number of amides is 2. The molecule has 1 aromatic carbocycles. The van der Waals surface area contributed by atoms with Crippen molar-refractivity contribution in [3.05, 3.63) is 29.8 Å². The molecular formula is C16H22N2O3. The molecule has 0 atom stereocenters. The normalized spacial score (nSPS) is 18.6. The SMILES string of the molecule is O=C(Nc1cccc(COCC2CC2)c1)N1CCOCC1. The van der Waals surface area contributed by atoms with Crippen LogP contribution in [0.25, 0.3) is 0 Å². The van der Waals surface area contributed by atoms with Crippen molar-refractivity contribution in [2.45, 2.75) is 19.4 Å². The molecule has 0 unspecified atom stereocenters. The molecule has 1 heterocycles. The fraction of sp³-hybridized carbons (Fsp3) is 0.562. The Bertz CT molecular complexity index is 482. The predicted molar refractivity (Wildman–Crippen MR) is 80.2 cm³/mol. The Labute approximate surface area is 125 Å². The summed E-state index contributed by atoms with van der Waals surface area (Å²) >= 11 is 0. The first-order valence-corrected chi connectivity index (χ1v) is 7.61. The second-order valence-corrected chi connectivity index (χ2v) is 5.69. The van der Waals surface area contributed by atoms with Crippen molar-refractivity contribution >= 4 is 11.7 Å². The van der Waals surface area contributed by atoms with Gasteiger partial charge in [-0.05, 0) is 36.5 Å². The number of ether oxygens (including phenoxy) is 2. The number of hydrogen-bond donors (Lipinski definition) is 1. The summed E-state index contributed by atoms with van der Waals surface area (Å²) in [4.78, 5) is 13.9. The molecule has 0 radical (unpaired) electrons. The van der Waals surface area contributed by atoms with Gasteiger partial charge in [-0.15, -0.1) is 0 Å². The van der Waals surface area contributed by atoms with E-state index in [-0.39, 0.29) is 6.03 Å². The lowest BCUT2D eigenvalue weighted by Gasteiger charge is -2.27. The number of rotatable bonds is 5. The summed E-state index contributed by atoms with van der Waals surface area (Å²) in [6.45, 7) is 3.99. The molecule has 5 nitrogen and oxygen atoms in total. The minimum absolute atomic E-state index is 0.0608. The molecule has 3 rings (SSSR count). The van der Waals surface area contributed by atoms with Gasteiger partial charge < -0.3 is 19.7 Å². The van der Waals surface area contributed by atoms with Crippen LogP contribution in [0.3, 0.4) is 0 Å². The van der Waals surface area contributed by atoms with Crippen LogP contribution in [0.1, 0.15) is 18.4 Å². The monoisotopic (exact) mass is 290 g/mol. The highest BCUT2D eigenvalue weighted by atomic mass is 16.5. The molecule has 0 bridgehead atoms. The van der Waals surface area contributed by atoms with Crippen LogP contribution in [-0.4, -0.2) is 43.8 Å². The fourth-order valence-corrected chi connectivity index (χ4v) is 2.34. The molecule has 2 amide bonds. The van der Waals surface area contributed by atoms with Gasteiger partial charge in [0.25, 0.3) is 0 Å². The first-order valence-electron chi connectivity index (χ1n) is 7.61. The van der Waals surface area contributed by atoms with E-state index >= 15 is 0 Å². The summed E-state index contributed by atoms with van der Waals surface area (Å²) < 4.78 is 10.9. The highest BCUT2D eigenvalue weighted by molar-refractivity contribution is 5.89. The van der Waals surface area contributed by atoms with Gasteiger partial charge in [0, 0.05) is 25.4 Å². The number of carbonyl (C=O) groups excluding carboxylic acids is 1. The largest absolute Gasteiger partial charge is 0.378 e. The maximum absolute atomic E-state index is 12.1. The predicted octanol–water partition coefficient (Wildman–Crippen LogP) is 2.48. The van der Waals surface area contributed by atoms with Crippen LogP contribution in [0.4, 0.5) is 10.5 Å². The molecule has 0 spiro atoms. The van der Waals surface area contributed by atoms with Crippen LogP contribution >= 0.6 is 0 Å². The Morgan fingerprint density at radius 1 is 1.33 bits per heavy atom. The number of anilines is 1. The standard InChI is InChI=1S/C16H22N2O3/c19-16(18-6-8-20-9-7-18)17-15-3-1-2-14(10-15)12-21-11-13-4-5-13/h1-3,10,13H,4-9,11-12H2,(H,17,19). The van der Waals surface area contributed by atoms with Crippen LogP contribution in [0.15, 0.2) is 24.3 Å². The molecule has 2 fully saturated rings. The van der Waals surface area contributed by atoms with Gasteiger partial charge in [-0.1, -0.05) is 12.1 Å². The number of morpholine rings is 1. The van der Waals surface area contributed by atoms with Gasteiger partial charge in [0.15, 0.2) is 0 Å². The molecule has 1 aliphatic heterocycles. The van der Waals surface area contributed by atoms with E-state index in [9.17, 15) is 4.79 Å². The van der Waals surface area contributed by atoms with E-state index in [1.54, 1.807) is 4.90 Å². The van der Waals surface area contributed by atoms with Crippen molar-refractivity contribution in [1.82, 2.24) is 4.90 Å². The average molecular weight is 290 g/mol. The molecule has 1 aliphatic carbocycles. The quantitative estimate of drug-likeness (QED) is 0.906. The van der Waals surface area contributed by atoms with E-state index in [4.69, 9.17) is 9.47 Å². The van der Waals surface area contributed by atoms with E-state index in [0.29, 0.717) is 32.9 Å². The molecule has 2 aliphatic rings. The lowest BCUT2D eigenvalue weighted by molar-refractivity contribution is 0.0564. The van der Waals surface area contributed by atoms with Crippen LogP contribution in [-0.2, 0) is 16.1 Å². The van der Waals surface area contributed by atoms with Crippen molar-refractivity contribution in [2.75, 3.05) is 38.2 Å². The lowest BCUT2D eigenvalue weighted by atomic mass is 10.2. The van der Waals surface area contributed by atoms with Crippen molar-refractivity contribution < 1.29 is 14.3 Å². The summed E-state index contributed by atoms with van der Waals surface area (Å²) in [7, 11) is 0. The molecule has 1 saturated heterocycles. The van der Waals surface area contributed by atoms with Crippen LogP contribution < -0.4 is 5.32 Å². The lowest BCUT2D eigenvalue weighted by Crippen LogP contribution is -2.43. The third-order valence-corrected chi connectivity index (χ3v) is 3.80. The summed E-state index contributed by atoms with van der Waals surface area (Å²) in [5.41, 5.74) is 1.91. The molecular weight excluding hydrogens is 268 g/mol. The summed E-state index contributed by atoms with van der Waals surface area (Å²) in [5.74, 6) is 0.772. The zero-order valence-corrected chi connectivity index (χ0v) is 12.2. The Kier molecular flexibility index (Phi) is 4.72. The van der Waals surface area contributed by atoms with E-state index in [1.807, 2.05) is 24.3 Å². The maximum atomic E-state index is 12.1. The molecule has 5 heteroatoms. The topological polar surface area (TPSA) is 50.8 Å². The van der Waals surface area contributed by atoms with E-state index in [1.165, 1.54) is 12.8 Å². The number of carbonyl (C=O) groups is 1. The maximum Gasteiger partial charge on any atom is 0.321 e. The summed E-state index contributed by atoms with van der Waals surface area (Å²) in [5, 5.41) is 2.94. The Balaban J connectivity index is 1.50. The highest BCUT2D eigenvalue weighted by Crippen LogP contribution is 2.29. The van der Waals surface area contributed by atoms with Crippen molar-refractivity contribution in [2.24, 2.45) is 5.92 Å². The zero-order chi connectivity index (χ0) is 14.5. The number of nitrogens with zero attached hydrogens (tertiary/aromatic N) is 1. The van der Waals surface area contributed by atoms with E-state index < -0.39 is 0 Å². The van der Waals surface area contributed by atoms with Gasteiger partial charge in [-0.2, -0.15) is 0 Å². The Morgan fingerprint density at radius 2 is 2.14 bits per heavy atom. The van der Waals surface area contributed by atoms with Gasteiger partial charge >= 0.3 is 6.03 Å².